The molecule has 2 fully saturated rings. The van der Waals surface area contributed by atoms with Gasteiger partial charge < -0.3 is 24.6 Å². The van der Waals surface area contributed by atoms with E-state index in [-0.39, 0.29) is 24.7 Å². The van der Waals surface area contributed by atoms with Crippen LogP contribution in [-0.2, 0) is 22.8 Å². The normalized spacial score (nSPS) is 18.9. The highest BCUT2D eigenvalue weighted by Gasteiger charge is 2.25. The van der Waals surface area contributed by atoms with Gasteiger partial charge in [-0.1, -0.05) is 30.3 Å². The number of anilines is 2. The van der Waals surface area contributed by atoms with Gasteiger partial charge in [-0.3, -0.25) is 4.79 Å². The van der Waals surface area contributed by atoms with E-state index in [9.17, 15) is 9.18 Å². The van der Waals surface area contributed by atoms with Gasteiger partial charge in [0.2, 0.25) is 5.91 Å². The molecule has 214 valence electrons. The molecule has 0 spiro atoms. The largest absolute Gasteiger partial charge is 0.489 e. The zero-order valence-electron chi connectivity index (χ0n) is 23.3. The predicted molar refractivity (Wildman–Crippen MR) is 158 cm³/mol. The van der Waals surface area contributed by atoms with Gasteiger partial charge in [0.15, 0.2) is 0 Å². The number of benzene rings is 3. The van der Waals surface area contributed by atoms with Gasteiger partial charge in [-0.05, 0) is 73.7 Å². The number of alkyl halides is 1. The third-order valence-electron chi connectivity index (χ3n) is 7.94. The van der Waals surface area contributed by atoms with Crippen molar-refractivity contribution >= 4 is 17.3 Å². The van der Waals surface area contributed by atoms with E-state index in [2.05, 4.69) is 34.5 Å². The van der Waals surface area contributed by atoms with Gasteiger partial charge in [0.25, 0.3) is 0 Å². The van der Waals surface area contributed by atoms with Gasteiger partial charge in [-0.25, -0.2) is 4.39 Å². The Kier molecular flexibility index (Phi) is 9.71. The van der Waals surface area contributed by atoms with Gasteiger partial charge in [0, 0.05) is 49.2 Å². The van der Waals surface area contributed by atoms with Crippen LogP contribution >= 0.6 is 0 Å². The number of hydrogen-bond donors (Lipinski definition) is 1. The Labute approximate surface area is 241 Å². The first-order valence-corrected chi connectivity index (χ1v) is 14.4. The lowest BCUT2D eigenvalue weighted by Crippen LogP contribution is -2.50. The van der Waals surface area contributed by atoms with Crippen LogP contribution in [-0.4, -0.2) is 55.7 Å². The van der Waals surface area contributed by atoms with Gasteiger partial charge in [-0.2, -0.15) is 5.26 Å². The third-order valence-corrected chi connectivity index (χ3v) is 7.94. The Morgan fingerprint density at radius 2 is 1.68 bits per heavy atom. The molecule has 0 atom stereocenters. The van der Waals surface area contributed by atoms with Crippen molar-refractivity contribution in [1.82, 2.24) is 4.90 Å². The number of nitriles is 1. The number of piperazine rings is 1. The molecule has 2 aliphatic rings. The molecular formula is C33H37FN4O3. The van der Waals surface area contributed by atoms with Gasteiger partial charge >= 0.3 is 0 Å². The first-order chi connectivity index (χ1) is 20.1. The lowest BCUT2D eigenvalue weighted by molar-refractivity contribution is -0.139. The maximum absolute atomic E-state index is 13.2. The molecule has 1 heterocycles. The van der Waals surface area contributed by atoms with Crippen LogP contribution < -0.4 is 15.0 Å². The van der Waals surface area contributed by atoms with E-state index in [1.54, 1.807) is 12.1 Å². The number of nitrogens with one attached hydrogen (secondary N) is 1. The summed E-state index contributed by atoms with van der Waals surface area (Å²) in [4.78, 5) is 17.0. The maximum Gasteiger partial charge on any atom is 0.248 e. The quantitative estimate of drug-likeness (QED) is 0.346. The average molecular weight is 557 g/mol. The average Bonchev–Trinajstić information content (AvgIpc) is 3.04. The molecule has 8 heteroatoms. The van der Waals surface area contributed by atoms with Crippen molar-refractivity contribution in [2.45, 2.75) is 51.1 Å². The molecule has 1 saturated heterocycles. The minimum absolute atomic E-state index is 0.0471. The van der Waals surface area contributed by atoms with Crippen molar-refractivity contribution in [3.8, 4) is 11.8 Å². The van der Waals surface area contributed by atoms with Crippen LogP contribution in [0.1, 0.15) is 42.4 Å². The Morgan fingerprint density at radius 3 is 2.37 bits per heavy atom. The van der Waals surface area contributed by atoms with Crippen molar-refractivity contribution < 1.29 is 18.7 Å². The van der Waals surface area contributed by atoms with Crippen LogP contribution in [0.2, 0.25) is 0 Å². The molecule has 0 aromatic heterocycles. The molecule has 0 unspecified atom stereocenters. The molecule has 0 bridgehead atoms. The van der Waals surface area contributed by atoms with Crippen molar-refractivity contribution in [2.24, 2.45) is 0 Å². The van der Waals surface area contributed by atoms with Gasteiger partial charge in [0.1, 0.15) is 25.6 Å². The Bertz CT molecular complexity index is 1310. The van der Waals surface area contributed by atoms with E-state index in [4.69, 9.17) is 14.7 Å². The van der Waals surface area contributed by atoms with E-state index >= 15 is 0 Å². The fraction of sp³-hybridized carbons (Fsp3) is 0.394. The number of halogens is 1. The van der Waals surface area contributed by atoms with E-state index in [1.165, 1.54) is 0 Å². The number of carbonyl (C=O) groups excluding carboxylic acids is 1. The predicted octanol–water partition coefficient (Wildman–Crippen LogP) is 5.70. The van der Waals surface area contributed by atoms with Crippen LogP contribution in [0.5, 0.6) is 5.75 Å². The summed E-state index contributed by atoms with van der Waals surface area (Å²) in [6.07, 6.45) is 3.65. The molecule has 1 aliphatic carbocycles. The van der Waals surface area contributed by atoms with E-state index in [0.29, 0.717) is 30.8 Å². The Morgan fingerprint density at radius 1 is 0.951 bits per heavy atom. The molecule has 1 amide bonds. The fourth-order valence-corrected chi connectivity index (χ4v) is 5.50. The van der Waals surface area contributed by atoms with E-state index < -0.39 is 6.67 Å². The van der Waals surface area contributed by atoms with Crippen LogP contribution in [0.25, 0.3) is 0 Å². The molecule has 1 aliphatic heterocycles. The molecule has 3 aromatic carbocycles. The number of hydrogen-bond acceptors (Lipinski definition) is 6. The number of nitrogens with zero attached hydrogens (tertiary/aromatic N) is 3. The van der Waals surface area contributed by atoms with Crippen LogP contribution in [0.15, 0.2) is 72.8 Å². The smallest absolute Gasteiger partial charge is 0.248 e. The molecule has 41 heavy (non-hydrogen) atoms. The number of carbonyl (C=O) groups is 1. The molecule has 1 N–H and O–H groups in total. The summed E-state index contributed by atoms with van der Waals surface area (Å²) >= 11 is 0. The van der Waals surface area contributed by atoms with Crippen LogP contribution in [0.3, 0.4) is 0 Å². The Hall–Kier alpha value is -4.09. The zero-order chi connectivity index (χ0) is 28.4. The topological polar surface area (TPSA) is 77.8 Å². The first-order valence-electron chi connectivity index (χ1n) is 14.4. The lowest BCUT2D eigenvalue weighted by atomic mass is 9.92. The summed E-state index contributed by atoms with van der Waals surface area (Å²) in [6, 6.07) is 25.8. The SMILES string of the molecule is N#Cc1ccc(NC2CCC(OCC(=O)N3CCN(c4ccc(OCc5ccccc5)cc4)CC3)CC2)cc1CF. The fourth-order valence-electron chi connectivity index (χ4n) is 5.50. The summed E-state index contributed by atoms with van der Waals surface area (Å²) < 4.78 is 25.1. The van der Waals surface area contributed by atoms with E-state index in [0.717, 1.165) is 61.5 Å². The highest BCUT2D eigenvalue weighted by Crippen LogP contribution is 2.26. The second-order valence-corrected chi connectivity index (χ2v) is 10.7. The molecular weight excluding hydrogens is 519 g/mol. The highest BCUT2D eigenvalue weighted by atomic mass is 19.1. The molecule has 5 rings (SSSR count). The van der Waals surface area contributed by atoms with Crippen LogP contribution in [0.4, 0.5) is 15.8 Å². The Balaban J connectivity index is 0.993. The lowest BCUT2D eigenvalue weighted by Gasteiger charge is -2.36. The monoisotopic (exact) mass is 556 g/mol. The van der Waals surface area contributed by atoms with Crippen molar-refractivity contribution in [3.63, 3.8) is 0 Å². The van der Waals surface area contributed by atoms with Gasteiger partial charge in [-0.15, -0.1) is 0 Å². The number of ether oxygens (including phenoxy) is 2. The molecule has 7 nitrogen and oxygen atoms in total. The molecule has 3 aromatic rings. The first kappa shape index (κ1) is 28.4. The summed E-state index contributed by atoms with van der Waals surface area (Å²) in [5.74, 6) is 0.888. The summed E-state index contributed by atoms with van der Waals surface area (Å²) in [5, 5.41) is 12.5. The van der Waals surface area contributed by atoms with Crippen molar-refractivity contribution in [3.05, 3.63) is 89.5 Å². The highest BCUT2D eigenvalue weighted by molar-refractivity contribution is 5.77. The minimum atomic E-state index is -0.653. The summed E-state index contributed by atoms with van der Waals surface area (Å²) in [6.45, 7) is 2.93. The molecule has 1 saturated carbocycles. The van der Waals surface area contributed by atoms with Crippen molar-refractivity contribution in [1.29, 1.82) is 5.26 Å². The van der Waals surface area contributed by atoms with Gasteiger partial charge in [0.05, 0.1) is 17.7 Å². The second kappa shape index (κ2) is 14.0. The molecule has 0 radical (unpaired) electrons. The third kappa shape index (κ3) is 7.77. The number of rotatable bonds is 10. The number of amides is 1. The minimum Gasteiger partial charge on any atom is -0.489 e. The van der Waals surface area contributed by atoms with Crippen LogP contribution in [0, 0.1) is 11.3 Å². The standard InChI is InChI=1S/C33H37FN4O3/c34-21-27-20-29(7-6-26(27)22-35)36-28-8-12-31(13-9-28)41-24-33(39)38-18-16-37(17-19-38)30-10-14-32(15-11-30)40-23-25-4-2-1-3-5-25/h1-7,10-11,14-15,20,28,31,36H,8-9,12-13,16-19,21,23-24H2. The second-order valence-electron chi connectivity index (χ2n) is 10.7. The summed E-state index contributed by atoms with van der Waals surface area (Å²) in [5.41, 5.74) is 3.89. The zero-order valence-corrected chi connectivity index (χ0v) is 23.3. The van der Waals surface area contributed by atoms with E-state index in [1.807, 2.05) is 47.4 Å². The summed E-state index contributed by atoms with van der Waals surface area (Å²) in [7, 11) is 0. The van der Waals surface area contributed by atoms with Crippen molar-refractivity contribution in [2.75, 3.05) is 43.0 Å². The maximum atomic E-state index is 13.2.